The Morgan fingerprint density at radius 2 is 1.38 bits per heavy atom. The van der Waals surface area contributed by atoms with E-state index in [1.54, 1.807) is 6.07 Å². The topological polar surface area (TPSA) is 20.2 Å². The third-order valence-corrected chi connectivity index (χ3v) is 2.67. The fraction of sp³-hybridized carbons (Fsp3) is 0.571. The molecule has 0 unspecified atom stereocenters. The summed E-state index contributed by atoms with van der Waals surface area (Å²) in [6, 6.07) is 5.93. The zero-order valence-electron chi connectivity index (χ0n) is 11.2. The van der Waals surface area contributed by atoms with Crippen LogP contribution < -0.4 is 0 Å². The fourth-order valence-corrected chi connectivity index (χ4v) is 1.60. The average Bonchev–Trinajstić information content (AvgIpc) is 2.00. The van der Waals surface area contributed by atoms with Crippen LogP contribution in [0.25, 0.3) is 0 Å². The lowest BCUT2D eigenvalue weighted by molar-refractivity contribution is 0.444. The molecule has 0 saturated carbocycles. The molecule has 1 aromatic rings. The molecule has 0 aromatic heterocycles. The number of phenols is 1. The maximum Gasteiger partial charge on any atom is 0.119 e. The van der Waals surface area contributed by atoms with Crippen LogP contribution in [0.15, 0.2) is 18.2 Å². The Morgan fingerprint density at radius 1 is 0.875 bits per heavy atom. The van der Waals surface area contributed by atoms with Crippen molar-refractivity contribution in [3.8, 4) is 5.75 Å². The second-order valence-electron chi connectivity index (χ2n) is 6.23. The summed E-state index contributed by atoms with van der Waals surface area (Å²) < 4.78 is 0. The molecule has 16 heavy (non-hydrogen) atoms. The molecule has 0 heterocycles. The first-order valence-corrected chi connectivity index (χ1v) is 5.46. The summed E-state index contributed by atoms with van der Waals surface area (Å²) in [4.78, 5) is 0. The predicted molar refractivity (Wildman–Crippen MR) is 75.9 cm³/mol. The molecule has 1 aromatic carbocycles. The van der Waals surface area contributed by atoms with Crippen molar-refractivity contribution in [1.29, 1.82) is 0 Å². The van der Waals surface area contributed by atoms with Crippen LogP contribution in [-0.2, 0) is 10.8 Å². The minimum Gasteiger partial charge on any atom is -0.508 e. The van der Waals surface area contributed by atoms with Gasteiger partial charge in [0.05, 0.1) is 0 Å². The summed E-state index contributed by atoms with van der Waals surface area (Å²) >= 11 is 0. The van der Waals surface area contributed by atoms with Gasteiger partial charge in [-0.1, -0.05) is 53.7 Å². The third-order valence-electron chi connectivity index (χ3n) is 2.67. The van der Waals surface area contributed by atoms with Crippen molar-refractivity contribution in [3.05, 3.63) is 29.3 Å². The molecule has 1 rings (SSSR count). The Balaban J connectivity index is 0.00000225. The first-order chi connectivity index (χ1) is 6.62. The number of hydrogen-bond donors (Lipinski definition) is 1. The van der Waals surface area contributed by atoms with Gasteiger partial charge in [-0.25, -0.2) is 0 Å². The largest absolute Gasteiger partial charge is 0.508 e. The van der Waals surface area contributed by atoms with Crippen LogP contribution in [0, 0.1) is 0 Å². The van der Waals surface area contributed by atoms with Gasteiger partial charge in [0.1, 0.15) is 5.75 Å². The van der Waals surface area contributed by atoms with E-state index in [1.807, 2.05) is 6.07 Å². The van der Waals surface area contributed by atoms with E-state index in [0.717, 1.165) is 5.56 Å². The molecular formula is C14H24OS. The number of aromatic hydroxyl groups is 1. The molecule has 0 saturated heterocycles. The highest BCUT2D eigenvalue weighted by molar-refractivity contribution is 7.59. The lowest BCUT2D eigenvalue weighted by atomic mass is 9.80. The van der Waals surface area contributed by atoms with Crippen molar-refractivity contribution >= 4 is 13.5 Å². The molecule has 1 N–H and O–H groups in total. The van der Waals surface area contributed by atoms with Gasteiger partial charge in [-0.05, 0) is 28.0 Å². The molecule has 92 valence electrons. The zero-order chi connectivity index (χ0) is 11.9. The standard InChI is InChI=1S/C14H22O.H2S/c1-13(2,3)10-7-8-12(15)11(9-10)14(4,5)6;/h7-9,15H,1-6H3;1H2. The van der Waals surface area contributed by atoms with E-state index in [1.165, 1.54) is 5.56 Å². The first-order valence-electron chi connectivity index (χ1n) is 5.46. The molecule has 0 amide bonds. The van der Waals surface area contributed by atoms with Gasteiger partial charge in [0.15, 0.2) is 0 Å². The second kappa shape index (κ2) is 4.70. The molecule has 0 bridgehead atoms. The zero-order valence-corrected chi connectivity index (χ0v) is 12.2. The van der Waals surface area contributed by atoms with E-state index < -0.39 is 0 Å². The van der Waals surface area contributed by atoms with Crippen molar-refractivity contribution in [1.82, 2.24) is 0 Å². The predicted octanol–water partition coefficient (Wildman–Crippen LogP) is 4.10. The summed E-state index contributed by atoms with van der Waals surface area (Å²) in [7, 11) is 0. The highest BCUT2D eigenvalue weighted by atomic mass is 32.1. The van der Waals surface area contributed by atoms with Crippen LogP contribution in [0.4, 0.5) is 0 Å². The summed E-state index contributed by atoms with van der Waals surface area (Å²) in [6.45, 7) is 12.9. The van der Waals surface area contributed by atoms with Gasteiger partial charge >= 0.3 is 0 Å². The number of benzene rings is 1. The lowest BCUT2D eigenvalue weighted by Crippen LogP contribution is -2.16. The molecule has 1 nitrogen and oxygen atoms in total. The van der Waals surface area contributed by atoms with E-state index in [2.05, 4.69) is 47.6 Å². The van der Waals surface area contributed by atoms with Gasteiger partial charge in [-0.15, -0.1) is 0 Å². The van der Waals surface area contributed by atoms with Crippen molar-refractivity contribution in [2.75, 3.05) is 0 Å². The number of phenolic OH excluding ortho intramolecular Hbond substituents is 1. The third kappa shape index (κ3) is 3.44. The van der Waals surface area contributed by atoms with Crippen LogP contribution in [0.1, 0.15) is 52.7 Å². The molecule has 0 radical (unpaired) electrons. The summed E-state index contributed by atoms with van der Waals surface area (Å²) in [5.41, 5.74) is 2.42. The average molecular weight is 240 g/mol. The molecule has 0 fully saturated rings. The molecule has 0 aliphatic carbocycles. The molecule has 0 spiro atoms. The van der Waals surface area contributed by atoms with Gasteiger partial charge in [-0.2, -0.15) is 13.5 Å². The second-order valence-corrected chi connectivity index (χ2v) is 6.23. The van der Waals surface area contributed by atoms with Crippen molar-refractivity contribution in [2.24, 2.45) is 0 Å². The molecule has 0 aliphatic heterocycles. The van der Waals surface area contributed by atoms with E-state index in [4.69, 9.17) is 0 Å². The highest BCUT2D eigenvalue weighted by Crippen LogP contribution is 2.34. The van der Waals surface area contributed by atoms with E-state index in [-0.39, 0.29) is 24.3 Å². The maximum absolute atomic E-state index is 9.84. The summed E-state index contributed by atoms with van der Waals surface area (Å²) in [5, 5.41) is 9.84. The van der Waals surface area contributed by atoms with Crippen LogP contribution in [0.3, 0.4) is 0 Å². The Bertz CT molecular complexity index is 356. The van der Waals surface area contributed by atoms with Gasteiger partial charge in [0.25, 0.3) is 0 Å². The Labute approximate surface area is 106 Å². The Kier molecular flexibility index (Phi) is 4.52. The van der Waals surface area contributed by atoms with Gasteiger partial charge in [0, 0.05) is 0 Å². The number of hydrogen-bond acceptors (Lipinski definition) is 1. The lowest BCUT2D eigenvalue weighted by Gasteiger charge is -2.25. The van der Waals surface area contributed by atoms with Gasteiger partial charge in [0.2, 0.25) is 0 Å². The number of rotatable bonds is 0. The molecule has 2 heteroatoms. The van der Waals surface area contributed by atoms with E-state index >= 15 is 0 Å². The van der Waals surface area contributed by atoms with Crippen molar-refractivity contribution < 1.29 is 5.11 Å². The maximum atomic E-state index is 9.84. The summed E-state index contributed by atoms with van der Waals surface area (Å²) in [6.07, 6.45) is 0. The first kappa shape index (κ1) is 15.4. The Hall–Kier alpha value is -0.630. The SMILES string of the molecule is CC(C)(C)c1ccc(O)c(C(C)(C)C)c1.S. The van der Waals surface area contributed by atoms with E-state index in [0.29, 0.717) is 5.75 Å². The highest BCUT2D eigenvalue weighted by Gasteiger charge is 2.21. The van der Waals surface area contributed by atoms with Crippen molar-refractivity contribution in [3.63, 3.8) is 0 Å². The van der Waals surface area contributed by atoms with Crippen LogP contribution in [0.5, 0.6) is 5.75 Å². The quantitative estimate of drug-likeness (QED) is 0.724. The smallest absolute Gasteiger partial charge is 0.119 e. The normalized spacial score (nSPS) is 12.1. The van der Waals surface area contributed by atoms with Gasteiger partial charge < -0.3 is 5.11 Å². The van der Waals surface area contributed by atoms with Crippen molar-refractivity contribution in [2.45, 2.75) is 52.4 Å². The van der Waals surface area contributed by atoms with Crippen LogP contribution in [0.2, 0.25) is 0 Å². The van der Waals surface area contributed by atoms with Gasteiger partial charge in [-0.3, -0.25) is 0 Å². The van der Waals surface area contributed by atoms with Crippen LogP contribution >= 0.6 is 13.5 Å². The minimum absolute atomic E-state index is 0. The van der Waals surface area contributed by atoms with E-state index in [9.17, 15) is 5.11 Å². The molecule has 0 aliphatic rings. The minimum atomic E-state index is -0.00859. The summed E-state index contributed by atoms with van der Waals surface area (Å²) in [5.74, 6) is 0.399. The monoisotopic (exact) mass is 240 g/mol. The fourth-order valence-electron chi connectivity index (χ4n) is 1.60. The molecular weight excluding hydrogens is 216 g/mol. The molecule has 0 atom stereocenters. The van der Waals surface area contributed by atoms with Crippen LogP contribution in [-0.4, -0.2) is 5.11 Å². The Morgan fingerprint density at radius 3 is 1.75 bits per heavy atom.